The Morgan fingerprint density at radius 1 is 0.773 bits per heavy atom. The van der Waals surface area contributed by atoms with Crippen molar-refractivity contribution in [3.05, 3.63) is 58.7 Å². The van der Waals surface area contributed by atoms with Gasteiger partial charge in [0.15, 0.2) is 0 Å². The van der Waals surface area contributed by atoms with Crippen LogP contribution < -0.4 is 0 Å². The molecule has 3 aromatic carbocycles. The second kappa shape index (κ2) is 4.31. The predicted octanol–water partition coefficient (Wildman–Crippen LogP) is 3.49. The molecule has 0 saturated carbocycles. The van der Waals surface area contributed by atoms with E-state index in [0.29, 0.717) is 17.4 Å². The lowest BCUT2D eigenvalue weighted by Crippen LogP contribution is -2.20. The molecule has 22 heavy (non-hydrogen) atoms. The van der Waals surface area contributed by atoms with E-state index in [1.807, 2.05) is 30.3 Å². The van der Waals surface area contributed by atoms with Gasteiger partial charge in [0.1, 0.15) is 0 Å². The molecule has 0 spiro atoms. The van der Waals surface area contributed by atoms with Crippen molar-refractivity contribution >= 4 is 33.5 Å². The molecule has 4 nitrogen and oxygen atoms in total. The molecule has 0 heterocycles. The van der Waals surface area contributed by atoms with Gasteiger partial charge >= 0.3 is 11.9 Å². The molecule has 0 fully saturated rings. The summed E-state index contributed by atoms with van der Waals surface area (Å²) >= 11 is 0. The maximum atomic E-state index is 11.7. The van der Waals surface area contributed by atoms with Crippen LogP contribution in [0.4, 0.5) is 0 Å². The smallest absolute Gasteiger partial charge is 0.337 e. The van der Waals surface area contributed by atoms with Gasteiger partial charge in [-0.15, -0.1) is 0 Å². The molecule has 1 aliphatic carbocycles. The fourth-order valence-corrected chi connectivity index (χ4v) is 3.39. The summed E-state index contributed by atoms with van der Waals surface area (Å²) in [5.41, 5.74) is 1.51. The normalized spacial score (nSPS) is 12.9. The van der Waals surface area contributed by atoms with Gasteiger partial charge in [-0.1, -0.05) is 24.3 Å². The topological polar surface area (TPSA) is 74.6 Å². The van der Waals surface area contributed by atoms with Crippen LogP contribution in [0.1, 0.15) is 31.8 Å². The summed E-state index contributed by atoms with van der Waals surface area (Å²) < 4.78 is 0. The first-order valence-corrected chi connectivity index (χ1v) is 7.04. The quantitative estimate of drug-likeness (QED) is 0.709. The number of aromatic carboxylic acids is 2. The van der Waals surface area contributed by atoms with Crippen molar-refractivity contribution in [2.45, 2.75) is 12.8 Å². The van der Waals surface area contributed by atoms with Gasteiger partial charge in [0.2, 0.25) is 0 Å². The first-order chi connectivity index (χ1) is 10.6. The van der Waals surface area contributed by atoms with Crippen molar-refractivity contribution in [1.82, 2.24) is 0 Å². The molecule has 108 valence electrons. The third-order valence-corrected chi connectivity index (χ3v) is 4.45. The molecule has 0 aromatic heterocycles. The van der Waals surface area contributed by atoms with Crippen LogP contribution in [0.5, 0.6) is 0 Å². The van der Waals surface area contributed by atoms with E-state index in [9.17, 15) is 19.8 Å². The van der Waals surface area contributed by atoms with Crippen LogP contribution in [0.2, 0.25) is 0 Å². The van der Waals surface area contributed by atoms with Gasteiger partial charge in [0.25, 0.3) is 0 Å². The Balaban J connectivity index is 2.26. The molecule has 0 radical (unpaired) electrons. The number of rotatable bonds is 2. The fraction of sp³-hybridized carbons (Fsp3) is 0.111. The second-order valence-electron chi connectivity index (χ2n) is 5.56. The fourth-order valence-electron chi connectivity index (χ4n) is 3.39. The summed E-state index contributed by atoms with van der Waals surface area (Å²) in [4.78, 5) is 23.3. The minimum atomic E-state index is -1.19. The number of carboxylic acids is 2. The summed E-state index contributed by atoms with van der Waals surface area (Å²) in [6, 6.07) is 11.5. The van der Waals surface area contributed by atoms with E-state index in [0.717, 1.165) is 28.1 Å². The minimum absolute atomic E-state index is 0.0449. The average molecular weight is 292 g/mol. The minimum Gasteiger partial charge on any atom is -0.478 e. The third kappa shape index (κ3) is 1.58. The largest absolute Gasteiger partial charge is 0.478 e. The highest BCUT2D eigenvalue weighted by Gasteiger charge is 2.31. The SMILES string of the molecule is O=C(O)c1c2c(c3cc4ccccc4cc3c1C(=O)O)CC2. The molecule has 1 aliphatic rings. The second-order valence-corrected chi connectivity index (χ2v) is 5.56. The molecular weight excluding hydrogens is 280 g/mol. The Morgan fingerprint density at radius 3 is 1.82 bits per heavy atom. The highest BCUT2D eigenvalue weighted by atomic mass is 16.4. The van der Waals surface area contributed by atoms with Gasteiger partial charge in [0.05, 0.1) is 11.1 Å². The lowest BCUT2D eigenvalue weighted by molar-refractivity contribution is 0.0651. The Hall–Kier alpha value is -2.88. The molecular formula is C18H12O4. The van der Waals surface area contributed by atoms with E-state index in [1.165, 1.54) is 0 Å². The van der Waals surface area contributed by atoms with Crippen LogP contribution in [0, 0.1) is 0 Å². The van der Waals surface area contributed by atoms with Gasteiger partial charge in [-0.25, -0.2) is 9.59 Å². The van der Waals surface area contributed by atoms with E-state index in [4.69, 9.17) is 0 Å². The van der Waals surface area contributed by atoms with E-state index in [2.05, 4.69) is 0 Å². The molecule has 0 unspecified atom stereocenters. The summed E-state index contributed by atoms with van der Waals surface area (Å²) in [7, 11) is 0. The zero-order chi connectivity index (χ0) is 15.4. The number of fused-ring (bicyclic) bond motifs is 4. The molecule has 0 bridgehead atoms. The van der Waals surface area contributed by atoms with Crippen molar-refractivity contribution in [3.63, 3.8) is 0 Å². The monoisotopic (exact) mass is 292 g/mol. The van der Waals surface area contributed by atoms with E-state index < -0.39 is 11.9 Å². The average Bonchev–Trinajstić information content (AvgIpc) is 2.44. The maximum absolute atomic E-state index is 11.7. The van der Waals surface area contributed by atoms with E-state index in [-0.39, 0.29) is 11.1 Å². The van der Waals surface area contributed by atoms with Crippen LogP contribution in [0.25, 0.3) is 21.5 Å². The number of benzene rings is 3. The third-order valence-electron chi connectivity index (χ3n) is 4.45. The number of hydrogen-bond acceptors (Lipinski definition) is 2. The van der Waals surface area contributed by atoms with Crippen LogP contribution in [-0.4, -0.2) is 22.2 Å². The van der Waals surface area contributed by atoms with Gasteiger partial charge in [-0.2, -0.15) is 0 Å². The van der Waals surface area contributed by atoms with Crippen molar-refractivity contribution in [3.8, 4) is 0 Å². The van der Waals surface area contributed by atoms with Crippen molar-refractivity contribution < 1.29 is 19.8 Å². The van der Waals surface area contributed by atoms with Crippen molar-refractivity contribution in [2.75, 3.05) is 0 Å². The highest BCUT2D eigenvalue weighted by Crippen LogP contribution is 2.39. The van der Waals surface area contributed by atoms with Crippen molar-refractivity contribution in [2.24, 2.45) is 0 Å². The number of aryl methyl sites for hydroxylation is 1. The zero-order valence-electron chi connectivity index (χ0n) is 11.6. The summed E-state index contributed by atoms with van der Waals surface area (Å²) in [5.74, 6) is -2.35. The number of carbonyl (C=O) groups is 2. The maximum Gasteiger partial charge on any atom is 0.337 e. The Bertz CT molecular complexity index is 985. The van der Waals surface area contributed by atoms with Crippen molar-refractivity contribution in [1.29, 1.82) is 0 Å². The van der Waals surface area contributed by atoms with Crippen LogP contribution >= 0.6 is 0 Å². The van der Waals surface area contributed by atoms with Crippen LogP contribution in [0.3, 0.4) is 0 Å². The molecule has 0 aliphatic heterocycles. The van der Waals surface area contributed by atoms with E-state index >= 15 is 0 Å². The standard InChI is InChI=1S/C18H12O4/c19-17(20)15-12-6-5-11(12)13-7-9-3-1-2-4-10(9)8-14(13)16(15)18(21)22/h1-4,7-8H,5-6H2,(H,19,20)(H,21,22). The lowest BCUT2D eigenvalue weighted by atomic mass is 9.77. The Morgan fingerprint density at radius 2 is 1.32 bits per heavy atom. The predicted molar refractivity (Wildman–Crippen MR) is 82.8 cm³/mol. The molecule has 0 atom stereocenters. The lowest BCUT2D eigenvalue weighted by Gasteiger charge is -2.25. The first-order valence-electron chi connectivity index (χ1n) is 7.04. The Labute approximate surface area is 125 Å². The summed E-state index contributed by atoms with van der Waals surface area (Å²) in [6.45, 7) is 0. The van der Waals surface area contributed by atoms with Gasteiger partial charge < -0.3 is 10.2 Å². The molecule has 3 aromatic rings. The Kier molecular flexibility index (Phi) is 2.51. The molecule has 4 rings (SSSR count). The van der Waals surface area contributed by atoms with Gasteiger partial charge in [-0.3, -0.25) is 0 Å². The van der Waals surface area contributed by atoms with Gasteiger partial charge in [-0.05, 0) is 57.6 Å². The van der Waals surface area contributed by atoms with Crippen LogP contribution in [0.15, 0.2) is 36.4 Å². The zero-order valence-corrected chi connectivity index (χ0v) is 11.6. The number of carboxylic acid groups (broad SMARTS) is 2. The van der Waals surface area contributed by atoms with E-state index in [1.54, 1.807) is 6.07 Å². The summed E-state index contributed by atoms with van der Waals surface area (Å²) in [6.07, 6.45) is 1.42. The highest BCUT2D eigenvalue weighted by molar-refractivity contribution is 6.16. The molecule has 2 N–H and O–H groups in total. The molecule has 4 heteroatoms. The van der Waals surface area contributed by atoms with Gasteiger partial charge in [0, 0.05) is 0 Å². The summed E-state index contributed by atoms with van der Waals surface area (Å²) in [5, 5.41) is 22.3. The molecule has 0 amide bonds. The first kappa shape index (κ1) is 12.8. The number of hydrogen-bond donors (Lipinski definition) is 2. The molecule has 0 saturated heterocycles. The van der Waals surface area contributed by atoms with Crippen LogP contribution in [-0.2, 0) is 12.8 Å².